The summed E-state index contributed by atoms with van der Waals surface area (Å²) in [6.45, 7) is 6.78. The van der Waals surface area contributed by atoms with E-state index in [1.807, 2.05) is 0 Å². The van der Waals surface area contributed by atoms with Crippen LogP contribution in [0.3, 0.4) is 0 Å². The van der Waals surface area contributed by atoms with E-state index < -0.39 is 0 Å². The first-order chi connectivity index (χ1) is 10.5. The molecule has 2 nitrogen and oxygen atoms in total. The van der Waals surface area contributed by atoms with Gasteiger partial charge in [-0.15, -0.1) is 0 Å². The minimum atomic E-state index is 0.556. The molecule has 1 aromatic carbocycles. The molecule has 1 aromatic rings. The van der Waals surface area contributed by atoms with E-state index in [9.17, 15) is 0 Å². The molecular formula is C20H32N2. The summed E-state index contributed by atoms with van der Waals surface area (Å²) in [6, 6.07) is 10.1. The average Bonchev–Trinajstić information content (AvgIpc) is 2.89. The summed E-state index contributed by atoms with van der Waals surface area (Å²) >= 11 is 0. The van der Waals surface area contributed by atoms with Crippen molar-refractivity contribution in [1.82, 2.24) is 4.90 Å². The van der Waals surface area contributed by atoms with E-state index in [0.717, 1.165) is 19.0 Å². The molecule has 2 atom stereocenters. The van der Waals surface area contributed by atoms with Gasteiger partial charge in [-0.2, -0.15) is 0 Å². The van der Waals surface area contributed by atoms with Crippen LogP contribution in [0.2, 0.25) is 0 Å². The Labute approximate surface area is 136 Å². The van der Waals surface area contributed by atoms with Crippen molar-refractivity contribution in [1.29, 1.82) is 0 Å². The number of benzene rings is 1. The van der Waals surface area contributed by atoms with Gasteiger partial charge in [-0.3, -0.25) is 4.90 Å². The summed E-state index contributed by atoms with van der Waals surface area (Å²) in [6.07, 6.45) is 6.64. The molecule has 1 aliphatic heterocycles. The zero-order valence-electron chi connectivity index (χ0n) is 14.5. The summed E-state index contributed by atoms with van der Waals surface area (Å²) in [5.41, 5.74) is 9.43. The lowest BCUT2D eigenvalue weighted by atomic mass is 9.71. The lowest BCUT2D eigenvalue weighted by Gasteiger charge is -2.34. The van der Waals surface area contributed by atoms with Gasteiger partial charge in [0.25, 0.3) is 0 Å². The third-order valence-corrected chi connectivity index (χ3v) is 6.10. The summed E-state index contributed by atoms with van der Waals surface area (Å²) in [5.74, 6) is 1.44. The number of nitrogens with two attached hydrogens (primary N) is 1. The Morgan fingerprint density at radius 3 is 2.23 bits per heavy atom. The number of hydrogen-bond acceptors (Lipinski definition) is 2. The molecule has 2 fully saturated rings. The molecule has 1 saturated carbocycles. The van der Waals surface area contributed by atoms with Crippen molar-refractivity contribution in [3.05, 3.63) is 35.4 Å². The van der Waals surface area contributed by atoms with E-state index >= 15 is 0 Å². The fourth-order valence-corrected chi connectivity index (χ4v) is 4.39. The number of nitrogens with zero attached hydrogens (tertiary/aromatic N) is 1. The van der Waals surface area contributed by atoms with Gasteiger partial charge < -0.3 is 5.73 Å². The Bertz CT molecular complexity index is 481. The van der Waals surface area contributed by atoms with Gasteiger partial charge in [-0.25, -0.2) is 0 Å². The van der Waals surface area contributed by atoms with Crippen LogP contribution in [-0.4, -0.2) is 25.0 Å². The second-order valence-corrected chi connectivity index (χ2v) is 8.40. The number of hydrogen-bond donors (Lipinski definition) is 1. The summed E-state index contributed by atoms with van der Waals surface area (Å²) < 4.78 is 0. The van der Waals surface area contributed by atoms with Gasteiger partial charge in [0.1, 0.15) is 0 Å². The minimum Gasteiger partial charge on any atom is -0.330 e. The van der Waals surface area contributed by atoms with Gasteiger partial charge in [-0.1, -0.05) is 38.1 Å². The van der Waals surface area contributed by atoms with Crippen molar-refractivity contribution >= 4 is 0 Å². The van der Waals surface area contributed by atoms with Gasteiger partial charge in [0.05, 0.1) is 0 Å². The number of rotatable bonds is 3. The molecule has 0 amide bonds. The zero-order valence-corrected chi connectivity index (χ0v) is 14.5. The minimum absolute atomic E-state index is 0.556. The third kappa shape index (κ3) is 3.38. The van der Waals surface area contributed by atoms with Gasteiger partial charge in [0.2, 0.25) is 0 Å². The van der Waals surface area contributed by atoms with E-state index in [2.05, 4.69) is 50.1 Å². The molecule has 1 saturated heterocycles. The maximum absolute atomic E-state index is 5.85. The van der Waals surface area contributed by atoms with Gasteiger partial charge in [0, 0.05) is 12.6 Å². The summed E-state index contributed by atoms with van der Waals surface area (Å²) in [4.78, 5) is 2.47. The van der Waals surface area contributed by atoms with Gasteiger partial charge in [-0.05, 0) is 74.1 Å². The van der Waals surface area contributed by atoms with Crippen LogP contribution in [-0.2, 0) is 0 Å². The molecule has 2 heteroatoms. The highest BCUT2D eigenvalue weighted by Crippen LogP contribution is 2.42. The number of likely N-dealkylation sites (tertiary alicyclic amines) is 1. The predicted molar refractivity (Wildman–Crippen MR) is 94.0 cm³/mol. The summed E-state index contributed by atoms with van der Waals surface area (Å²) in [7, 11) is 2.23. The van der Waals surface area contributed by atoms with Crippen molar-refractivity contribution in [3.63, 3.8) is 0 Å². The molecule has 122 valence electrons. The Hall–Kier alpha value is -0.860. The second kappa shape index (κ2) is 6.33. The molecule has 0 aromatic heterocycles. The topological polar surface area (TPSA) is 29.3 Å². The Balaban J connectivity index is 1.66. The summed E-state index contributed by atoms with van der Waals surface area (Å²) in [5, 5.41) is 0. The van der Waals surface area contributed by atoms with Crippen molar-refractivity contribution in [3.8, 4) is 0 Å². The average molecular weight is 300 g/mol. The van der Waals surface area contributed by atoms with Crippen molar-refractivity contribution in [2.45, 2.75) is 57.9 Å². The van der Waals surface area contributed by atoms with Gasteiger partial charge >= 0.3 is 0 Å². The highest BCUT2D eigenvalue weighted by molar-refractivity contribution is 5.28. The molecular weight excluding hydrogens is 268 g/mol. The molecule has 0 bridgehead atoms. The fraction of sp³-hybridized carbons (Fsp3) is 0.700. The lowest BCUT2D eigenvalue weighted by molar-refractivity contribution is 0.224. The van der Waals surface area contributed by atoms with Crippen LogP contribution in [0, 0.1) is 11.3 Å². The standard InChI is InChI=1S/C20H32N2/c1-20(2)10-8-17(9-11-20)16-4-6-18(7-5-16)19-12-15(13-21)14-22(19)3/h4-7,15,17,19H,8-14,21H2,1-3H3. The molecule has 3 rings (SSSR count). The zero-order chi connectivity index (χ0) is 15.7. The first-order valence-corrected chi connectivity index (χ1v) is 8.99. The maximum Gasteiger partial charge on any atom is 0.0348 e. The molecule has 0 spiro atoms. The first kappa shape index (κ1) is 16.0. The Morgan fingerprint density at radius 1 is 1.09 bits per heavy atom. The Kier molecular flexibility index (Phi) is 4.61. The molecule has 2 N–H and O–H groups in total. The largest absolute Gasteiger partial charge is 0.330 e. The van der Waals surface area contributed by atoms with Crippen molar-refractivity contribution < 1.29 is 0 Å². The van der Waals surface area contributed by atoms with Crippen molar-refractivity contribution in [2.75, 3.05) is 20.1 Å². The molecule has 1 heterocycles. The van der Waals surface area contributed by atoms with E-state index in [1.54, 1.807) is 5.56 Å². The molecule has 0 radical (unpaired) electrons. The van der Waals surface area contributed by atoms with Gasteiger partial charge in [0.15, 0.2) is 0 Å². The highest BCUT2D eigenvalue weighted by Gasteiger charge is 2.30. The molecule has 2 unspecified atom stereocenters. The molecule has 1 aliphatic carbocycles. The smallest absolute Gasteiger partial charge is 0.0348 e. The Morgan fingerprint density at radius 2 is 1.68 bits per heavy atom. The lowest BCUT2D eigenvalue weighted by Crippen LogP contribution is -2.21. The van der Waals surface area contributed by atoms with E-state index in [-0.39, 0.29) is 0 Å². The van der Waals surface area contributed by atoms with Crippen LogP contribution in [0.15, 0.2) is 24.3 Å². The monoisotopic (exact) mass is 300 g/mol. The van der Waals surface area contributed by atoms with E-state index in [1.165, 1.54) is 37.7 Å². The highest BCUT2D eigenvalue weighted by atomic mass is 15.2. The molecule has 22 heavy (non-hydrogen) atoms. The molecule has 2 aliphatic rings. The SMILES string of the molecule is CN1CC(CN)CC1c1ccc(C2CCC(C)(C)CC2)cc1. The maximum atomic E-state index is 5.85. The van der Waals surface area contributed by atoms with Crippen LogP contribution >= 0.6 is 0 Å². The third-order valence-electron chi connectivity index (χ3n) is 6.10. The fourth-order valence-electron chi connectivity index (χ4n) is 4.39. The second-order valence-electron chi connectivity index (χ2n) is 8.40. The van der Waals surface area contributed by atoms with E-state index in [0.29, 0.717) is 17.4 Å². The van der Waals surface area contributed by atoms with Crippen LogP contribution in [0.4, 0.5) is 0 Å². The van der Waals surface area contributed by atoms with Crippen LogP contribution in [0.25, 0.3) is 0 Å². The first-order valence-electron chi connectivity index (χ1n) is 8.99. The quantitative estimate of drug-likeness (QED) is 0.900. The van der Waals surface area contributed by atoms with Crippen molar-refractivity contribution in [2.24, 2.45) is 17.1 Å². The van der Waals surface area contributed by atoms with Crippen LogP contribution in [0.5, 0.6) is 0 Å². The van der Waals surface area contributed by atoms with E-state index in [4.69, 9.17) is 5.73 Å². The van der Waals surface area contributed by atoms with Crippen LogP contribution in [0.1, 0.15) is 69.0 Å². The predicted octanol–water partition coefficient (Wildman–Crippen LogP) is 4.32. The normalized spacial score (nSPS) is 29.8. The van der Waals surface area contributed by atoms with Crippen LogP contribution < -0.4 is 5.73 Å².